The molecule has 27 heavy (non-hydrogen) atoms. The molecule has 1 aliphatic heterocycles. The van der Waals surface area contributed by atoms with Crippen LogP contribution in [0.5, 0.6) is 0 Å². The summed E-state index contributed by atoms with van der Waals surface area (Å²) in [6.45, 7) is 3.05. The first-order valence-corrected chi connectivity index (χ1v) is 9.16. The Labute approximate surface area is 162 Å². The lowest BCUT2D eigenvalue weighted by molar-refractivity contribution is 0.0975. The molecule has 1 atom stereocenters. The zero-order chi connectivity index (χ0) is 19.2. The summed E-state index contributed by atoms with van der Waals surface area (Å²) in [4.78, 5) is 17.0. The number of anilines is 1. The monoisotopic (exact) mass is 389 g/mol. The van der Waals surface area contributed by atoms with Crippen molar-refractivity contribution in [3.05, 3.63) is 64.4 Å². The van der Waals surface area contributed by atoms with E-state index in [0.717, 1.165) is 30.7 Å². The number of rotatable bonds is 4. The number of guanidine groups is 1. The zero-order valence-corrected chi connectivity index (χ0v) is 15.7. The Balaban J connectivity index is 1.78. The van der Waals surface area contributed by atoms with Crippen LogP contribution in [0.4, 0.5) is 10.1 Å². The second-order valence-corrected chi connectivity index (χ2v) is 6.73. The molecule has 1 fully saturated rings. The summed E-state index contributed by atoms with van der Waals surface area (Å²) in [5, 5.41) is 6.49. The molecule has 0 radical (unpaired) electrons. The highest BCUT2D eigenvalue weighted by Gasteiger charge is 2.16. The Kier molecular flexibility index (Phi) is 6.42. The van der Waals surface area contributed by atoms with Gasteiger partial charge >= 0.3 is 0 Å². The molecule has 1 unspecified atom stereocenters. The van der Waals surface area contributed by atoms with E-state index >= 15 is 0 Å². The van der Waals surface area contributed by atoms with Gasteiger partial charge in [-0.2, -0.15) is 0 Å². The summed E-state index contributed by atoms with van der Waals surface area (Å²) in [5.41, 5.74) is 1.93. The summed E-state index contributed by atoms with van der Waals surface area (Å²) in [6, 6.07) is 10.8. The SMILES string of the molecule is Cc1c(Cl)cccc1NC(=NCC1CCCO1)NC(=O)c1ccc(F)cc1. The summed E-state index contributed by atoms with van der Waals surface area (Å²) in [5.74, 6) is -0.482. The van der Waals surface area contributed by atoms with Crippen LogP contribution in [0.1, 0.15) is 28.8 Å². The highest BCUT2D eigenvalue weighted by Crippen LogP contribution is 2.23. The minimum atomic E-state index is -0.397. The Morgan fingerprint density at radius 2 is 2.07 bits per heavy atom. The maximum absolute atomic E-state index is 13.1. The van der Waals surface area contributed by atoms with E-state index in [1.54, 1.807) is 6.07 Å². The second kappa shape index (κ2) is 8.97. The number of nitrogens with zero attached hydrogens (tertiary/aromatic N) is 1. The lowest BCUT2D eigenvalue weighted by Gasteiger charge is -2.15. The fourth-order valence-electron chi connectivity index (χ4n) is 2.74. The quantitative estimate of drug-likeness (QED) is 0.609. The van der Waals surface area contributed by atoms with Crippen LogP contribution in [0.3, 0.4) is 0 Å². The fraction of sp³-hybridized carbons (Fsp3) is 0.300. The molecule has 7 heteroatoms. The van der Waals surface area contributed by atoms with Crippen LogP contribution in [-0.4, -0.2) is 31.1 Å². The molecule has 1 amide bonds. The molecule has 3 rings (SSSR count). The predicted molar refractivity (Wildman–Crippen MR) is 105 cm³/mol. The molecule has 142 valence electrons. The summed E-state index contributed by atoms with van der Waals surface area (Å²) in [6.07, 6.45) is 2.00. The molecule has 1 heterocycles. The average Bonchev–Trinajstić information content (AvgIpc) is 3.17. The van der Waals surface area contributed by atoms with Gasteiger partial charge < -0.3 is 10.1 Å². The van der Waals surface area contributed by atoms with Crippen LogP contribution in [0.2, 0.25) is 5.02 Å². The number of carbonyl (C=O) groups excluding carboxylic acids is 1. The third kappa shape index (κ3) is 5.28. The first-order valence-electron chi connectivity index (χ1n) is 8.78. The number of carbonyl (C=O) groups is 1. The van der Waals surface area contributed by atoms with Gasteiger partial charge in [-0.05, 0) is 61.7 Å². The largest absolute Gasteiger partial charge is 0.376 e. The molecule has 1 saturated heterocycles. The number of halogens is 2. The van der Waals surface area contributed by atoms with Gasteiger partial charge in [-0.25, -0.2) is 9.38 Å². The normalized spacial score (nSPS) is 17.0. The Bertz CT molecular complexity index is 834. The molecular formula is C20H21ClFN3O2. The van der Waals surface area contributed by atoms with Crippen LogP contribution in [0, 0.1) is 12.7 Å². The highest BCUT2D eigenvalue weighted by atomic mass is 35.5. The molecule has 0 spiro atoms. The molecule has 2 aromatic carbocycles. The summed E-state index contributed by atoms with van der Waals surface area (Å²) < 4.78 is 18.7. The van der Waals surface area contributed by atoms with E-state index < -0.39 is 5.82 Å². The van der Waals surface area contributed by atoms with Gasteiger partial charge in [-0.3, -0.25) is 10.1 Å². The van der Waals surface area contributed by atoms with Gasteiger partial charge in [0.25, 0.3) is 5.91 Å². The fourth-order valence-corrected chi connectivity index (χ4v) is 2.92. The summed E-state index contributed by atoms with van der Waals surface area (Å²) >= 11 is 6.17. The van der Waals surface area contributed by atoms with E-state index in [-0.39, 0.29) is 12.0 Å². The van der Waals surface area contributed by atoms with Crippen LogP contribution in [0.15, 0.2) is 47.5 Å². The van der Waals surface area contributed by atoms with Crippen molar-refractivity contribution in [2.24, 2.45) is 4.99 Å². The topological polar surface area (TPSA) is 62.7 Å². The van der Waals surface area contributed by atoms with Crippen molar-refractivity contribution in [2.75, 3.05) is 18.5 Å². The number of hydrogen-bond donors (Lipinski definition) is 2. The van der Waals surface area contributed by atoms with E-state index in [1.807, 2.05) is 19.1 Å². The highest BCUT2D eigenvalue weighted by molar-refractivity contribution is 6.31. The molecule has 2 aromatic rings. The van der Waals surface area contributed by atoms with Crippen molar-refractivity contribution in [3.63, 3.8) is 0 Å². The predicted octanol–water partition coefficient (Wildman–Crippen LogP) is 4.16. The number of aliphatic imine (C=N–C) groups is 1. The first-order chi connectivity index (χ1) is 13.0. The standard InChI is InChI=1S/C20H21ClFN3O2/c1-13-17(21)5-2-6-18(13)24-20(23-12-16-4-3-11-27-16)25-19(26)14-7-9-15(22)10-8-14/h2,5-10,16H,3-4,11-12H2,1H3,(H2,23,24,25,26). The number of ether oxygens (including phenoxy) is 1. The molecule has 0 aliphatic carbocycles. The Hall–Kier alpha value is -2.44. The van der Waals surface area contributed by atoms with Gasteiger partial charge in [0.2, 0.25) is 5.96 Å². The molecular weight excluding hydrogens is 369 g/mol. The van der Waals surface area contributed by atoms with Gasteiger partial charge in [0.15, 0.2) is 0 Å². The second-order valence-electron chi connectivity index (χ2n) is 6.32. The minimum Gasteiger partial charge on any atom is -0.376 e. The molecule has 1 aliphatic rings. The van der Waals surface area contributed by atoms with Crippen molar-refractivity contribution < 1.29 is 13.9 Å². The van der Waals surface area contributed by atoms with Gasteiger partial charge in [0.1, 0.15) is 5.82 Å². The van der Waals surface area contributed by atoms with Crippen LogP contribution in [0.25, 0.3) is 0 Å². The van der Waals surface area contributed by atoms with Gasteiger partial charge in [0.05, 0.1) is 12.6 Å². The number of hydrogen-bond acceptors (Lipinski definition) is 3. The molecule has 0 aromatic heterocycles. The third-order valence-electron chi connectivity index (χ3n) is 4.34. The van der Waals surface area contributed by atoms with E-state index in [4.69, 9.17) is 16.3 Å². The van der Waals surface area contributed by atoms with Gasteiger partial charge in [-0.1, -0.05) is 17.7 Å². The zero-order valence-electron chi connectivity index (χ0n) is 15.0. The van der Waals surface area contributed by atoms with E-state index in [0.29, 0.717) is 23.1 Å². The summed E-state index contributed by atoms with van der Waals surface area (Å²) in [7, 11) is 0. The Morgan fingerprint density at radius 1 is 1.30 bits per heavy atom. The van der Waals surface area contributed by atoms with Crippen molar-refractivity contribution in [2.45, 2.75) is 25.9 Å². The lowest BCUT2D eigenvalue weighted by atomic mass is 10.2. The van der Waals surface area contributed by atoms with E-state index in [2.05, 4.69) is 15.6 Å². The van der Waals surface area contributed by atoms with Crippen LogP contribution >= 0.6 is 11.6 Å². The smallest absolute Gasteiger partial charge is 0.257 e. The van der Waals surface area contributed by atoms with Gasteiger partial charge in [0, 0.05) is 22.9 Å². The maximum atomic E-state index is 13.1. The first kappa shape index (κ1) is 19.3. The van der Waals surface area contributed by atoms with Crippen molar-refractivity contribution >= 4 is 29.2 Å². The Morgan fingerprint density at radius 3 is 2.78 bits per heavy atom. The van der Waals surface area contributed by atoms with E-state index in [9.17, 15) is 9.18 Å². The number of nitrogens with one attached hydrogen (secondary N) is 2. The lowest BCUT2D eigenvalue weighted by Crippen LogP contribution is -2.37. The minimum absolute atomic E-state index is 0.0463. The van der Waals surface area contributed by atoms with E-state index in [1.165, 1.54) is 24.3 Å². The maximum Gasteiger partial charge on any atom is 0.257 e. The average molecular weight is 390 g/mol. The molecule has 0 bridgehead atoms. The van der Waals surface area contributed by atoms with Crippen LogP contribution < -0.4 is 10.6 Å². The number of amides is 1. The molecule has 0 saturated carbocycles. The number of benzene rings is 2. The van der Waals surface area contributed by atoms with Gasteiger partial charge in [-0.15, -0.1) is 0 Å². The van der Waals surface area contributed by atoms with Crippen molar-refractivity contribution in [1.82, 2.24) is 5.32 Å². The molecule has 5 nitrogen and oxygen atoms in total. The molecule has 2 N–H and O–H groups in total. The van der Waals surface area contributed by atoms with Crippen molar-refractivity contribution in [1.29, 1.82) is 0 Å². The van der Waals surface area contributed by atoms with Crippen molar-refractivity contribution in [3.8, 4) is 0 Å². The third-order valence-corrected chi connectivity index (χ3v) is 4.75. The van der Waals surface area contributed by atoms with Crippen LogP contribution in [-0.2, 0) is 4.74 Å².